The molecular formula is C26H31N3O5S2. The number of alkyl carbamates (subject to hydrolysis) is 1. The number of hydrogen-bond donors (Lipinski definition) is 1. The van der Waals surface area contributed by atoms with Gasteiger partial charge in [-0.15, -0.1) is 0 Å². The number of hydrogen-bond acceptors (Lipinski definition) is 6. The molecule has 0 spiro atoms. The van der Waals surface area contributed by atoms with Gasteiger partial charge in [-0.25, -0.2) is 13.2 Å². The summed E-state index contributed by atoms with van der Waals surface area (Å²) in [6.07, 6.45) is -0.457. The summed E-state index contributed by atoms with van der Waals surface area (Å²) in [5.41, 5.74) is 1.92. The molecule has 0 bridgehead atoms. The van der Waals surface area contributed by atoms with Crippen molar-refractivity contribution in [1.29, 1.82) is 0 Å². The zero-order valence-corrected chi connectivity index (χ0v) is 22.4. The summed E-state index contributed by atoms with van der Waals surface area (Å²) in [6, 6.07) is 15.8. The van der Waals surface area contributed by atoms with Crippen molar-refractivity contribution in [2.75, 3.05) is 16.4 Å². The number of thioether (sulfide) groups is 1. The third-order valence-electron chi connectivity index (χ3n) is 5.92. The number of para-hydroxylation sites is 1. The number of rotatable bonds is 5. The van der Waals surface area contributed by atoms with E-state index in [1.807, 2.05) is 66.4 Å². The Kier molecular flexibility index (Phi) is 7.47. The first-order valence-electron chi connectivity index (χ1n) is 11.8. The summed E-state index contributed by atoms with van der Waals surface area (Å²) in [7, 11) is -3.18. The van der Waals surface area contributed by atoms with Crippen LogP contribution in [0.1, 0.15) is 31.9 Å². The highest BCUT2D eigenvalue weighted by atomic mass is 32.2. The number of nitrogens with one attached hydrogen (secondary N) is 1. The fourth-order valence-electron chi connectivity index (χ4n) is 4.35. The normalized spacial score (nSPS) is 22.8. The minimum absolute atomic E-state index is 0.00974. The Bertz CT molecular complexity index is 1270. The molecule has 2 saturated heterocycles. The molecule has 2 aliphatic heterocycles. The first kappa shape index (κ1) is 26.2. The molecule has 4 rings (SSSR count). The van der Waals surface area contributed by atoms with E-state index >= 15 is 0 Å². The monoisotopic (exact) mass is 529 g/mol. The summed E-state index contributed by atoms with van der Waals surface area (Å²) in [4.78, 5) is 32.4. The van der Waals surface area contributed by atoms with Gasteiger partial charge in [-0.1, -0.05) is 60.3 Å². The number of carbonyl (C=O) groups is 2. The number of benzene rings is 2. The molecule has 0 saturated carbocycles. The molecule has 2 aromatic rings. The fraction of sp³-hybridized carbons (Fsp3) is 0.423. The Morgan fingerprint density at radius 2 is 1.78 bits per heavy atom. The highest BCUT2D eigenvalue weighted by molar-refractivity contribution is 8.16. The maximum absolute atomic E-state index is 13.5. The number of anilines is 1. The van der Waals surface area contributed by atoms with E-state index in [0.29, 0.717) is 5.17 Å². The summed E-state index contributed by atoms with van der Waals surface area (Å²) in [5, 5.41) is 2.92. The average Bonchev–Trinajstić information content (AvgIpc) is 3.24. The Morgan fingerprint density at radius 1 is 1.11 bits per heavy atom. The molecule has 2 aliphatic rings. The minimum Gasteiger partial charge on any atom is -0.444 e. The van der Waals surface area contributed by atoms with Crippen LogP contribution < -0.4 is 10.2 Å². The van der Waals surface area contributed by atoms with Gasteiger partial charge < -0.3 is 15.0 Å². The predicted octanol–water partition coefficient (Wildman–Crippen LogP) is 3.73. The number of ether oxygens (including phenoxy) is 1. The lowest BCUT2D eigenvalue weighted by Gasteiger charge is -2.26. The molecule has 3 atom stereocenters. The zero-order valence-electron chi connectivity index (χ0n) is 20.8. The second kappa shape index (κ2) is 10.3. The summed E-state index contributed by atoms with van der Waals surface area (Å²) in [6.45, 7) is 7.20. The first-order chi connectivity index (χ1) is 16.9. The topological polar surface area (TPSA) is 105 Å². The van der Waals surface area contributed by atoms with Crippen molar-refractivity contribution in [3.8, 4) is 0 Å². The molecule has 0 radical (unpaired) electrons. The van der Waals surface area contributed by atoms with Crippen LogP contribution in [0.4, 0.5) is 10.5 Å². The average molecular weight is 530 g/mol. The van der Waals surface area contributed by atoms with Crippen molar-refractivity contribution in [2.45, 2.75) is 57.1 Å². The van der Waals surface area contributed by atoms with Crippen LogP contribution in [0.5, 0.6) is 0 Å². The lowest BCUT2D eigenvalue weighted by molar-refractivity contribution is -0.119. The van der Waals surface area contributed by atoms with Crippen LogP contribution in [-0.2, 0) is 25.8 Å². The number of sulfone groups is 1. The smallest absolute Gasteiger partial charge is 0.408 e. The summed E-state index contributed by atoms with van der Waals surface area (Å²) >= 11 is 1.31. The number of amides is 2. The van der Waals surface area contributed by atoms with Crippen LogP contribution in [0.2, 0.25) is 0 Å². The fourth-order valence-corrected chi connectivity index (χ4v) is 8.26. The summed E-state index contributed by atoms with van der Waals surface area (Å²) < 4.78 is 30.1. The number of nitrogens with zero attached hydrogens (tertiary/aromatic N) is 2. The van der Waals surface area contributed by atoms with Gasteiger partial charge in [-0.3, -0.25) is 4.79 Å². The van der Waals surface area contributed by atoms with Gasteiger partial charge in [0.2, 0.25) is 0 Å². The molecule has 8 nitrogen and oxygen atoms in total. The van der Waals surface area contributed by atoms with Crippen molar-refractivity contribution in [2.24, 2.45) is 4.99 Å². The van der Waals surface area contributed by atoms with E-state index < -0.39 is 33.5 Å². The van der Waals surface area contributed by atoms with Gasteiger partial charge in [0, 0.05) is 17.4 Å². The van der Waals surface area contributed by atoms with E-state index in [1.165, 1.54) is 11.8 Å². The minimum atomic E-state index is -3.18. The zero-order chi connectivity index (χ0) is 26.1. The van der Waals surface area contributed by atoms with Crippen molar-refractivity contribution in [1.82, 2.24) is 5.32 Å². The number of amidine groups is 1. The number of carbonyl (C=O) groups excluding carboxylic acids is 2. The molecule has 36 heavy (non-hydrogen) atoms. The van der Waals surface area contributed by atoms with E-state index in [9.17, 15) is 18.0 Å². The molecule has 1 N–H and O–H groups in total. The van der Waals surface area contributed by atoms with Crippen LogP contribution in [0.25, 0.3) is 0 Å². The summed E-state index contributed by atoms with van der Waals surface area (Å²) in [5.74, 6) is -0.467. The Morgan fingerprint density at radius 3 is 2.44 bits per heavy atom. The van der Waals surface area contributed by atoms with E-state index in [-0.39, 0.29) is 29.2 Å². The second-order valence-corrected chi connectivity index (χ2v) is 13.4. The van der Waals surface area contributed by atoms with Crippen molar-refractivity contribution >= 4 is 44.5 Å². The first-order valence-corrected chi connectivity index (χ1v) is 14.5. The van der Waals surface area contributed by atoms with E-state index in [1.54, 1.807) is 20.8 Å². The van der Waals surface area contributed by atoms with Crippen molar-refractivity contribution in [3.63, 3.8) is 0 Å². The van der Waals surface area contributed by atoms with Crippen LogP contribution in [0, 0.1) is 6.92 Å². The number of aliphatic imine (C=N–C) groups is 1. The van der Waals surface area contributed by atoms with E-state index in [0.717, 1.165) is 16.8 Å². The third kappa shape index (κ3) is 6.28. The van der Waals surface area contributed by atoms with Gasteiger partial charge in [0.1, 0.15) is 11.6 Å². The molecule has 0 aromatic heterocycles. The number of aryl methyl sites for hydroxylation is 1. The Balaban J connectivity index is 1.66. The molecule has 2 amide bonds. The predicted molar refractivity (Wildman–Crippen MR) is 143 cm³/mol. The van der Waals surface area contributed by atoms with Crippen LogP contribution >= 0.6 is 11.8 Å². The van der Waals surface area contributed by atoms with Gasteiger partial charge in [-0.05, 0) is 44.9 Å². The SMILES string of the molecule is Cc1ccccc1N1C(=NC(=O)[C@H](Cc2ccccc2)NC(=O)OC(C)(C)C)S[C@H]2CS(=O)(=O)C[C@@H]21. The van der Waals surface area contributed by atoms with Gasteiger partial charge in [0.05, 0.1) is 17.5 Å². The van der Waals surface area contributed by atoms with Gasteiger partial charge >= 0.3 is 6.09 Å². The molecule has 192 valence electrons. The Hall–Kier alpha value is -2.85. The molecule has 10 heteroatoms. The molecule has 2 fully saturated rings. The van der Waals surface area contributed by atoms with Gasteiger partial charge in [-0.2, -0.15) is 4.99 Å². The highest BCUT2D eigenvalue weighted by Gasteiger charge is 2.49. The van der Waals surface area contributed by atoms with Crippen LogP contribution in [0.15, 0.2) is 59.6 Å². The standard InChI is InChI=1S/C26H31N3O5S2/c1-17-10-8-9-13-20(17)29-21-15-36(32,33)16-22(21)35-24(29)28-23(30)19(14-18-11-6-5-7-12-18)27-25(31)34-26(2,3)4/h5-13,19,21-22H,14-16H2,1-4H3,(H,27,31)/t19-,21-,22-/m0/s1. The molecule has 0 unspecified atom stereocenters. The van der Waals surface area contributed by atoms with E-state index in [2.05, 4.69) is 10.3 Å². The molecular weight excluding hydrogens is 498 g/mol. The van der Waals surface area contributed by atoms with Crippen molar-refractivity contribution in [3.05, 3.63) is 65.7 Å². The van der Waals surface area contributed by atoms with Crippen LogP contribution in [-0.4, -0.2) is 60.0 Å². The molecule has 0 aliphatic carbocycles. The van der Waals surface area contributed by atoms with Gasteiger partial charge in [0.25, 0.3) is 5.91 Å². The van der Waals surface area contributed by atoms with Gasteiger partial charge in [0.15, 0.2) is 15.0 Å². The van der Waals surface area contributed by atoms with E-state index in [4.69, 9.17) is 4.74 Å². The Labute approximate surface area is 216 Å². The lowest BCUT2D eigenvalue weighted by Crippen LogP contribution is -2.45. The van der Waals surface area contributed by atoms with Crippen LogP contribution in [0.3, 0.4) is 0 Å². The molecule has 2 aromatic carbocycles. The number of fused-ring (bicyclic) bond motifs is 1. The lowest BCUT2D eigenvalue weighted by atomic mass is 10.1. The quantitative estimate of drug-likeness (QED) is 0.629. The maximum Gasteiger partial charge on any atom is 0.408 e. The maximum atomic E-state index is 13.5. The van der Waals surface area contributed by atoms with Crippen molar-refractivity contribution < 1.29 is 22.7 Å². The largest absolute Gasteiger partial charge is 0.444 e. The second-order valence-electron chi connectivity index (χ2n) is 10.1. The highest BCUT2D eigenvalue weighted by Crippen LogP contribution is 2.41. The molecule has 2 heterocycles. The third-order valence-corrected chi connectivity index (χ3v) is 9.13.